The van der Waals surface area contributed by atoms with Gasteiger partial charge < -0.3 is 21.0 Å². The smallest absolute Gasteiger partial charge is 0.267 e. The summed E-state index contributed by atoms with van der Waals surface area (Å²) in [6.45, 7) is 0. The molecule has 3 aromatic rings. The first-order valence-corrected chi connectivity index (χ1v) is 9.18. The maximum absolute atomic E-state index is 12.6. The van der Waals surface area contributed by atoms with Gasteiger partial charge in [-0.2, -0.15) is 0 Å². The number of nitrogens with one attached hydrogen (secondary N) is 1. The number of hydrogen-bond acceptors (Lipinski definition) is 6. The molecule has 2 aromatic heterocycles. The highest BCUT2D eigenvalue weighted by Gasteiger charge is 2.20. The Hall–Kier alpha value is -2.93. The lowest BCUT2D eigenvalue weighted by Crippen LogP contribution is -2.22. The van der Waals surface area contributed by atoms with Crippen molar-refractivity contribution in [1.29, 1.82) is 0 Å². The fourth-order valence-electron chi connectivity index (χ4n) is 3.24. The van der Waals surface area contributed by atoms with Crippen LogP contribution in [0.25, 0.3) is 10.2 Å². The Morgan fingerprint density at radius 3 is 2.81 bits per heavy atom. The molecule has 26 heavy (non-hydrogen) atoms. The minimum Gasteiger partial charge on any atom is -0.545 e. The summed E-state index contributed by atoms with van der Waals surface area (Å²) in [5, 5.41) is 14.5. The fraction of sp³-hybridized carbons (Fsp3) is 0.211. The first-order chi connectivity index (χ1) is 12.5. The van der Waals surface area contributed by atoms with Gasteiger partial charge in [0.1, 0.15) is 9.71 Å². The number of benzene rings is 1. The normalized spacial score (nSPS) is 13.4. The number of carboxylic acids is 1. The summed E-state index contributed by atoms with van der Waals surface area (Å²) in [4.78, 5) is 29.4. The van der Waals surface area contributed by atoms with Crippen LogP contribution in [-0.4, -0.2) is 16.9 Å². The first-order valence-electron chi connectivity index (χ1n) is 8.36. The van der Waals surface area contributed by atoms with E-state index in [2.05, 4.69) is 11.4 Å². The molecular formula is C19H16N3O3S-. The van der Waals surface area contributed by atoms with Gasteiger partial charge in [-0.1, -0.05) is 12.1 Å². The molecule has 3 N–H and O–H groups in total. The molecule has 0 unspecified atom stereocenters. The number of aromatic nitrogens is 1. The van der Waals surface area contributed by atoms with Crippen molar-refractivity contribution < 1.29 is 14.7 Å². The van der Waals surface area contributed by atoms with Crippen molar-refractivity contribution in [3.8, 4) is 0 Å². The maximum Gasteiger partial charge on any atom is 0.267 e. The highest BCUT2D eigenvalue weighted by atomic mass is 32.1. The molecule has 0 spiro atoms. The fourth-order valence-corrected chi connectivity index (χ4v) is 4.23. The van der Waals surface area contributed by atoms with Gasteiger partial charge in [-0.15, -0.1) is 11.3 Å². The molecule has 0 bridgehead atoms. The zero-order valence-corrected chi connectivity index (χ0v) is 14.7. The molecule has 132 valence electrons. The Morgan fingerprint density at radius 1 is 1.19 bits per heavy atom. The van der Waals surface area contributed by atoms with Gasteiger partial charge in [-0.05, 0) is 55.0 Å². The maximum atomic E-state index is 12.6. The largest absolute Gasteiger partial charge is 0.545 e. The van der Waals surface area contributed by atoms with Crippen molar-refractivity contribution in [2.24, 2.45) is 0 Å². The van der Waals surface area contributed by atoms with E-state index in [1.165, 1.54) is 29.0 Å². The Labute approximate surface area is 153 Å². The molecule has 1 amide bonds. The van der Waals surface area contributed by atoms with Gasteiger partial charge in [0.2, 0.25) is 0 Å². The van der Waals surface area contributed by atoms with E-state index in [0.29, 0.717) is 16.3 Å². The number of anilines is 2. The lowest BCUT2D eigenvalue weighted by molar-refractivity contribution is -0.255. The lowest BCUT2D eigenvalue weighted by Gasteiger charge is -2.14. The number of carboxylic acid groups (broad SMARTS) is 1. The van der Waals surface area contributed by atoms with E-state index in [1.807, 2.05) is 0 Å². The summed E-state index contributed by atoms with van der Waals surface area (Å²) in [6, 6.07) is 7.98. The average molecular weight is 366 g/mol. The lowest BCUT2D eigenvalue weighted by atomic mass is 9.95. The molecule has 4 rings (SSSR count). The number of hydrogen-bond donors (Lipinski definition) is 2. The number of aryl methyl sites for hydroxylation is 2. The predicted molar refractivity (Wildman–Crippen MR) is 99.4 cm³/mol. The van der Waals surface area contributed by atoms with E-state index in [9.17, 15) is 14.7 Å². The molecule has 2 heterocycles. The number of carbonyl (C=O) groups is 2. The molecular weight excluding hydrogens is 350 g/mol. The first kappa shape index (κ1) is 16.5. The van der Waals surface area contributed by atoms with Crippen LogP contribution in [0.5, 0.6) is 0 Å². The van der Waals surface area contributed by atoms with Crippen molar-refractivity contribution in [3.05, 3.63) is 52.0 Å². The third kappa shape index (κ3) is 2.90. The number of nitrogen functional groups attached to an aromatic ring is 1. The van der Waals surface area contributed by atoms with E-state index >= 15 is 0 Å². The van der Waals surface area contributed by atoms with E-state index in [0.717, 1.165) is 41.6 Å². The van der Waals surface area contributed by atoms with E-state index in [-0.39, 0.29) is 11.5 Å². The molecule has 1 aliphatic rings. The van der Waals surface area contributed by atoms with Crippen LogP contribution in [0, 0.1) is 0 Å². The summed E-state index contributed by atoms with van der Waals surface area (Å²) in [6.07, 6.45) is 4.23. The Bertz CT molecular complexity index is 1040. The molecule has 6 nitrogen and oxygen atoms in total. The number of amides is 1. The quantitative estimate of drug-likeness (QED) is 0.740. The zero-order valence-electron chi connectivity index (χ0n) is 13.9. The number of pyridine rings is 1. The van der Waals surface area contributed by atoms with Crippen molar-refractivity contribution in [3.63, 3.8) is 0 Å². The van der Waals surface area contributed by atoms with Gasteiger partial charge in [-0.3, -0.25) is 4.79 Å². The molecule has 0 fully saturated rings. The highest BCUT2D eigenvalue weighted by molar-refractivity contribution is 7.21. The standard InChI is InChI=1S/C19H17N3O3S/c20-15-13-9-10-4-1-2-7-14(10)22-18(13)26-16(15)17(23)21-12-6-3-5-11(8-12)19(24)25/h3,5-6,8-9H,1-2,4,7,20H2,(H,21,23)(H,24,25)/p-1. The second kappa shape index (κ2) is 6.42. The van der Waals surface area contributed by atoms with Crippen LogP contribution in [0.1, 0.15) is 44.1 Å². The second-order valence-electron chi connectivity index (χ2n) is 6.32. The Morgan fingerprint density at radius 2 is 2.00 bits per heavy atom. The van der Waals surface area contributed by atoms with Crippen LogP contribution in [-0.2, 0) is 12.8 Å². The number of nitrogens with two attached hydrogens (primary N) is 1. The third-order valence-electron chi connectivity index (χ3n) is 4.56. The average Bonchev–Trinajstić information content (AvgIpc) is 2.96. The molecule has 7 heteroatoms. The molecule has 0 saturated carbocycles. The van der Waals surface area contributed by atoms with Gasteiger partial charge in [0, 0.05) is 16.8 Å². The van der Waals surface area contributed by atoms with Crippen LogP contribution in [0.2, 0.25) is 0 Å². The minimum absolute atomic E-state index is 0.00135. The van der Waals surface area contributed by atoms with Crippen molar-refractivity contribution in [2.75, 3.05) is 11.1 Å². The molecule has 0 aliphatic heterocycles. The van der Waals surface area contributed by atoms with Crippen LogP contribution in [0.3, 0.4) is 0 Å². The van der Waals surface area contributed by atoms with Crippen LogP contribution in [0.4, 0.5) is 11.4 Å². The molecule has 0 saturated heterocycles. The van der Waals surface area contributed by atoms with E-state index in [1.54, 1.807) is 12.1 Å². The van der Waals surface area contributed by atoms with E-state index < -0.39 is 5.97 Å². The van der Waals surface area contributed by atoms with Crippen molar-refractivity contribution in [2.45, 2.75) is 25.7 Å². The number of carbonyl (C=O) groups excluding carboxylic acids is 2. The number of nitrogens with zero attached hydrogens (tertiary/aromatic N) is 1. The van der Waals surface area contributed by atoms with Gasteiger partial charge in [0.15, 0.2) is 0 Å². The van der Waals surface area contributed by atoms with Crippen molar-refractivity contribution in [1.82, 2.24) is 4.98 Å². The molecule has 0 atom stereocenters. The number of rotatable bonds is 3. The Kier molecular flexibility index (Phi) is 4.08. The summed E-state index contributed by atoms with van der Waals surface area (Å²) < 4.78 is 0. The molecule has 1 aliphatic carbocycles. The summed E-state index contributed by atoms with van der Waals surface area (Å²) in [5.74, 6) is -1.67. The van der Waals surface area contributed by atoms with Crippen LogP contribution in [0.15, 0.2) is 30.3 Å². The van der Waals surface area contributed by atoms with E-state index in [4.69, 9.17) is 10.7 Å². The topological polar surface area (TPSA) is 108 Å². The third-order valence-corrected chi connectivity index (χ3v) is 5.68. The Balaban J connectivity index is 1.67. The van der Waals surface area contributed by atoms with Crippen LogP contribution < -0.4 is 16.2 Å². The monoisotopic (exact) mass is 366 g/mol. The second-order valence-corrected chi connectivity index (χ2v) is 7.32. The van der Waals surface area contributed by atoms with Crippen molar-refractivity contribution >= 4 is 44.8 Å². The molecule has 0 radical (unpaired) electrons. The summed E-state index contributed by atoms with van der Waals surface area (Å²) in [7, 11) is 0. The molecule has 1 aromatic carbocycles. The van der Waals surface area contributed by atoms with Gasteiger partial charge in [0.25, 0.3) is 5.91 Å². The number of aromatic carboxylic acids is 1. The van der Waals surface area contributed by atoms with Crippen LogP contribution >= 0.6 is 11.3 Å². The predicted octanol–water partition coefficient (Wildman–Crippen LogP) is 2.37. The number of fused-ring (bicyclic) bond motifs is 2. The van der Waals surface area contributed by atoms with Gasteiger partial charge in [-0.25, -0.2) is 4.98 Å². The summed E-state index contributed by atoms with van der Waals surface area (Å²) >= 11 is 1.26. The van der Waals surface area contributed by atoms with Gasteiger partial charge in [0.05, 0.1) is 11.7 Å². The number of thiophene rings is 1. The summed E-state index contributed by atoms with van der Waals surface area (Å²) in [5.41, 5.74) is 9.31. The highest BCUT2D eigenvalue weighted by Crippen LogP contribution is 2.35. The SMILES string of the molecule is Nc1c(C(=O)Nc2cccc(C(=O)[O-])c2)sc2nc3c(cc12)CCCC3. The zero-order chi connectivity index (χ0) is 18.3. The van der Waals surface area contributed by atoms with Gasteiger partial charge >= 0.3 is 0 Å². The minimum atomic E-state index is -1.29.